The minimum absolute atomic E-state index is 1.06. The first-order chi connectivity index (χ1) is 9.13. The van der Waals surface area contributed by atoms with Gasteiger partial charge in [0.05, 0.1) is 0 Å². The van der Waals surface area contributed by atoms with E-state index in [4.69, 9.17) is 0 Å². The highest BCUT2D eigenvalue weighted by atomic mass is 14.1. The van der Waals surface area contributed by atoms with Gasteiger partial charge in [-0.05, 0) is 49.5 Å². The van der Waals surface area contributed by atoms with E-state index in [9.17, 15) is 0 Å². The molecule has 0 aliphatic rings. The molecular formula is C19H26. The van der Waals surface area contributed by atoms with E-state index >= 15 is 0 Å². The highest BCUT2D eigenvalue weighted by molar-refractivity contribution is 5.79. The van der Waals surface area contributed by atoms with Crippen LogP contribution in [0.25, 0.3) is 5.57 Å². The monoisotopic (exact) mass is 254 g/mol. The zero-order chi connectivity index (χ0) is 14.8. The summed E-state index contributed by atoms with van der Waals surface area (Å²) in [5, 5.41) is 0. The van der Waals surface area contributed by atoms with Gasteiger partial charge in [-0.2, -0.15) is 0 Å². The maximum Gasteiger partial charge on any atom is -0.0149 e. The van der Waals surface area contributed by atoms with Crippen LogP contribution >= 0.6 is 0 Å². The lowest BCUT2D eigenvalue weighted by atomic mass is 9.93. The first kappa shape index (κ1) is 17.2. The van der Waals surface area contributed by atoms with E-state index in [-0.39, 0.29) is 0 Å². The molecule has 19 heavy (non-hydrogen) atoms. The Labute approximate surface area is 118 Å². The zero-order valence-corrected chi connectivity index (χ0v) is 12.8. The van der Waals surface area contributed by atoms with Crippen molar-refractivity contribution in [3.8, 4) is 0 Å². The quantitative estimate of drug-likeness (QED) is 0.464. The van der Waals surface area contributed by atoms with Gasteiger partial charge in [0.15, 0.2) is 0 Å². The summed E-state index contributed by atoms with van der Waals surface area (Å²) in [5.41, 5.74) is 6.55. The molecule has 1 rings (SSSR count). The lowest BCUT2D eigenvalue weighted by molar-refractivity contribution is 1.12. The molecule has 0 aromatic heterocycles. The second-order valence-corrected chi connectivity index (χ2v) is 4.31. The molecule has 0 fully saturated rings. The summed E-state index contributed by atoms with van der Waals surface area (Å²) in [6.07, 6.45) is 7.24. The average molecular weight is 254 g/mol. The van der Waals surface area contributed by atoms with Gasteiger partial charge in [-0.25, -0.2) is 0 Å². The first-order valence-corrected chi connectivity index (χ1v) is 6.69. The SMILES string of the molecule is C=C.C=C/C(C)=C(\C=C/C)c1ccc(C)cc1CC. The van der Waals surface area contributed by atoms with Crippen LogP contribution < -0.4 is 0 Å². The molecule has 0 saturated carbocycles. The van der Waals surface area contributed by atoms with Crippen molar-refractivity contribution in [1.29, 1.82) is 0 Å². The molecule has 0 bridgehead atoms. The fourth-order valence-electron chi connectivity index (χ4n) is 1.99. The summed E-state index contributed by atoms with van der Waals surface area (Å²) < 4.78 is 0. The summed E-state index contributed by atoms with van der Waals surface area (Å²) in [5.74, 6) is 0. The van der Waals surface area contributed by atoms with E-state index in [1.165, 1.54) is 27.8 Å². The van der Waals surface area contributed by atoms with Crippen molar-refractivity contribution < 1.29 is 0 Å². The van der Waals surface area contributed by atoms with Crippen LogP contribution in [0.5, 0.6) is 0 Å². The Kier molecular flexibility index (Phi) is 8.28. The maximum absolute atomic E-state index is 3.87. The second kappa shape index (κ2) is 9.16. The van der Waals surface area contributed by atoms with E-state index in [1.54, 1.807) is 0 Å². The van der Waals surface area contributed by atoms with Gasteiger partial charge in [-0.3, -0.25) is 0 Å². The fraction of sp³-hybridized carbons (Fsp3) is 0.263. The van der Waals surface area contributed by atoms with Gasteiger partial charge < -0.3 is 0 Å². The van der Waals surface area contributed by atoms with E-state index in [0.717, 1.165) is 6.42 Å². The van der Waals surface area contributed by atoms with Gasteiger partial charge in [0, 0.05) is 0 Å². The topological polar surface area (TPSA) is 0 Å². The molecule has 0 N–H and O–H groups in total. The molecule has 0 amide bonds. The van der Waals surface area contributed by atoms with Crippen molar-refractivity contribution in [2.75, 3.05) is 0 Å². The summed E-state index contributed by atoms with van der Waals surface area (Å²) in [6, 6.07) is 6.67. The van der Waals surface area contributed by atoms with Crippen molar-refractivity contribution in [3.05, 3.63) is 78.4 Å². The number of hydrogen-bond donors (Lipinski definition) is 0. The fourth-order valence-corrected chi connectivity index (χ4v) is 1.99. The number of hydrogen-bond acceptors (Lipinski definition) is 0. The van der Waals surface area contributed by atoms with Crippen LogP contribution in [-0.2, 0) is 6.42 Å². The van der Waals surface area contributed by atoms with E-state index in [0.29, 0.717) is 0 Å². The lowest BCUT2D eigenvalue weighted by Gasteiger charge is -2.12. The third kappa shape index (κ3) is 4.75. The van der Waals surface area contributed by atoms with Gasteiger partial charge in [0.1, 0.15) is 0 Å². The zero-order valence-electron chi connectivity index (χ0n) is 12.8. The molecule has 0 spiro atoms. The van der Waals surface area contributed by atoms with Crippen LogP contribution in [0.4, 0.5) is 0 Å². The number of allylic oxidation sites excluding steroid dienone is 5. The molecule has 1 aromatic carbocycles. The molecule has 0 unspecified atom stereocenters. The highest BCUT2D eigenvalue weighted by Gasteiger charge is 2.06. The maximum atomic E-state index is 3.87. The van der Waals surface area contributed by atoms with Crippen molar-refractivity contribution in [3.63, 3.8) is 0 Å². The van der Waals surface area contributed by atoms with Crippen LogP contribution in [-0.4, -0.2) is 0 Å². The highest BCUT2D eigenvalue weighted by Crippen LogP contribution is 2.25. The average Bonchev–Trinajstić information content (AvgIpc) is 2.46. The molecular weight excluding hydrogens is 228 g/mol. The minimum atomic E-state index is 1.06. The molecule has 1 aromatic rings. The molecule has 0 aliphatic heterocycles. The number of aryl methyl sites for hydroxylation is 2. The van der Waals surface area contributed by atoms with Gasteiger partial charge in [0.25, 0.3) is 0 Å². The Morgan fingerprint density at radius 2 is 1.89 bits per heavy atom. The van der Waals surface area contributed by atoms with Gasteiger partial charge in [-0.1, -0.05) is 55.5 Å². The summed E-state index contributed by atoms with van der Waals surface area (Å²) >= 11 is 0. The third-order valence-corrected chi connectivity index (χ3v) is 3.00. The van der Waals surface area contributed by atoms with Gasteiger partial charge in [-0.15, -0.1) is 13.2 Å². The summed E-state index contributed by atoms with van der Waals surface area (Å²) in [4.78, 5) is 0. The van der Waals surface area contributed by atoms with Crippen molar-refractivity contribution in [1.82, 2.24) is 0 Å². The Hall–Kier alpha value is -1.82. The summed E-state index contributed by atoms with van der Waals surface area (Å²) in [7, 11) is 0. The number of rotatable bonds is 4. The Morgan fingerprint density at radius 3 is 2.37 bits per heavy atom. The number of benzene rings is 1. The lowest BCUT2D eigenvalue weighted by Crippen LogP contribution is -1.93. The Morgan fingerprint density at radius 1 is 1.26 bits per heavy atom. The van der Waals surface area contributed by atoms with Gasteiger partial charge in [0.2, 0.25) is 0 Å². The molecule has 0 atom stereocenters. The third-order valence-electron chi connectivity index (χ3n) is 3.00. The van der Waals surface area contributed by atoms with Crippen LogP contribution in [0, 0.1) is 6.92 Å². The van der Waals surface area contributed by atoms with Crippen LogP contribution in [0.1, 0.15) is 37.5 Å². The van der Waals surface area contributed by atoms with Crippen LogP contribution in [0.15, 0.2) is 61.7 Å². The van der Waals surface area contributed by atoms with Crippen LogP contribution in [0.2, 0.25) is 0 Å². The van der Waals surface area contributed by atoms with Crippen molar-refractivity contribution >= 4 is 5.57 Å². The summed E-state index contributed by atoms with van der Waals surface area (Å²) in [6.45, 7) is 18.4. The van der Waals surface area contributed by atoms with Gasteiger partial charge >= 0.3 is 0 Å². The molecule has 102 valence electrons. The Balaban J connectivity index is 0.00000154. The van der Waals surface area contributed by atoms with Crippen molar-refractivity contribution in [2.45, 2.75) is 34.1 Å². The predicted molar refractivity (Wildman–Crippen MR) is 89.4 cm³/mol. The second-order valence-electron chi connectivity index (χ2n) is 4.31. The standard InChI is InChI=1S/C17H22.C2H4/c1-6-9-16(14(5)7-2)17-11-10-13(4)12-15(17)8-3;1-2/h6-7,9-12H,2,8H2,1,3-5H3;1-2H2/b9-6-,16-14+;. The molecule has 0 saturated heterocycles. The molecule has 0 aliphatic carbocycles. The minimum Gasteiger partial charge on any atom is -0.106 e. The normalized spacial score (nSPS) is 11.6. The first-order valence-electron chi connectivity index (χ1n) is 6.69. The van der Waals surface area contributed by atoms with E-state index in [2.05, 4.69) is 77.8 Å². The van der Waals surface area contributed by atoms with Crippen LogP contribution in [0.3, 0.4) is 0 Å². The van der Waals surface area contributed by atoms with E-state index < -0.39 is 0 Å². The predicted octanol–water partition coefficient (Wildman–Crippen LogP) is 5.90. The molecule has 0 nitrogen and oxygen atoms in total. The molecule has 0 heterocycles. The largest absolute Gasteiger partial charge is 0.106 e. The van der Waals surface area contributed by atoms with E-state index in [1.807, 2.05) is 6.08 Å². The molecule has 0 heteroatoms. The molecule has 0 radical (unpaired) electrons. The smallest absolute Gasteiger partial charge is 0.0149 e. The Bertz CT molecular complexity index is 473. The van der Waals surface area contributed by atoms with Crippen molar-refractivity contribution in [2.24, 2.45) is 0 Å².